The van der Waals surface area contributed by atoms with Crippen molar-refractivity contribution >= 4 is 22.6 Å². The van der Waals surface area contributed by atoms with E-state index in [1.165, 1.54) is 0 Å². The first-order valence-corrected chi connectivity index (χ1v) is 4.75. The van der Waals surface area contributed by atoms with Gasteiger partial charge in [-0.1, -0.05) is 0 Å². The van der Waals surface area contributed by atoms with Crippen molar-refractivity contribution in [1.82, 2.24) is 0 Å². The fraction of sp³-hybridized carbons (Fsp3) is 0.667. The van der Waals surface area contributed by atoms with Crippen LogP contribution < -0.4 is 0 Å². The van der Waals surface area contributed by atoms with Gasteiger partial charge in [0.15, 0.2) is 0 Å². The quantitative estimate of drug-likeness (QED) is 0.264. The lowest BCUT2D eigenvalue weighted by atomic mass is 10.1. The first-order valence-electron chi connectivity index (χ1n) is 3.68. The van der Waals surface area contributed by atoms with Crippen molar-refractivity contribution in [2.75, 3.05) is 0 Å². The Morgan fingerprint density at radius 2 is 1.11 bits per heavy atom. The van der Waals surface area contributed by atoms with Crippen LogP contribution in [0.5, 0.6) is 0 Å². The second-order valence-corrected chi connectivity index (χ2v) is 4.15. The van der Waals surface area contributed by atoms with Gasteiger partial charge in [0.1, 0.15) is 0 Å². The number of halogens is 12. The standard InChI is InChI=1S/C6F11IO/c7-1(8)2(9)19-6(16,17)4(12,13)3(10,11)5(14,15)18. The number of hydrogen-bond acceptors (Lipinski definition) is 1. The Morgan fingerprint density at radius 1 is 0.737 bits per heavy atom. The van der Waals surface area contributed by atoms with Crippen LogP contribution in [0.3, 0.4) is 0 Å². The van der Waals surface area contributed by atoms with Gasteiger partial charge in [-0.05, 0) is 0 Å². The molecule has 1 nitrogen and oxygen atoms in total. The Morgan fingerprint density at radius 3 is 1.37 bits per heavy atom. The highest BCUT2D eigenvalue weighted by molar-refractivity contribution is 14.1. The molecular formula is C6F11IO. The molecule has 0 aliphatic carbocycles. The van der Waals surface area contributed by atoms with Gasteiger partial charge in [0.2, 0.25) is 0 Å². The van der Waals surface area contributed by atoms with Crippen LogP contribution in [-0.2, 0) is 4.74 Å². The lowest BCUT2D eigenvalue weighted by molar-refractivity contribution is -0.410. The van der Waals surface area contributed by atoms with Crippen LogP contribution in [0.1, 0.15) is 0 Å². The van der Waals surface area contributed by atoms with Crippen molar-refractivity contribution in [1.29, 1.82) is 0 Å². The Balaban J connectivity index is 5.59. The molecule has 0 saturated heterocycles. The molecule has 13 heteroatoms. The van der Waals surface area contributed by atoms with Crippen LogP contribution in [0.15, 0.2) is 12.1 Å². The fourth-order valence-electron chi connectivity index (χ4n) is 0.576. The molecule has 0 aliphatic heterocycles. The maximum atomic E-state index is 12.6. The largest absolute Gasteiger partial charge is 0.473 e. The van der Waals surface area contributed by atoms with Crippen molar-refractivity contribution < 1.29 is 53.0 Å². The molecule has 0 N–H and O–H groups in total. The van der Waals surface area contributed by atoms with Crippen molar-refractivity contribution in [2.24, 2.45) is 0 Å². The highest BCUT2D eigenvalue weighted by Crippen LogP contribution is 2.55. The topological polar surface area (TPSA) is 9.23 Å². The summed E-state index contributed by atoms with van der Waals surface area (Å²) in [6.45, 7) is 0. The molecule has 0 aromatic heterocycles. The molecule has 19 heavy (non-hydrogen) atoms. The van der Waals surface area contributed by atoms with Crippen LogP contribution in [-0.4, -0.2) is 21.9 Å². The second kappa shape index (κ2) is 5.12. The minimum Gasteiger partial charge on any atom is -0.397 e. The zero-order valence-electron chi connectivity index (χ0n) is 7.94. The van der Waals surface area contributed by atoms with Gasteiger partial charge in [0.05, 0.1) is 0 Å². The molecule has 0 aromatic rings. The lowest BCUT2D eigenvalue weighted by Gasteiger charge is -2.33. The molecule has 0 radical (unpaired) electrons. The van der Waals surface area contributed by atoms with Crippen molar-refractivity contribution in [2.45, 2.75) is 21.9 Å². The molecule has 0 saturated carbocycles. The Labute approximate surface area is 110 Å². The van der Waals surface area contributed by atoms with Gasteiger partial charge in [-0.25, -0.2) is 0 Å². The molecule has 0 bridgehead atoms. The molecule has 0 atom stereocenters. The predicted molar refractivity (Wildman–Crippen MR) is 45.2 cm³/mol. The summed E-state index contributed by atoms with van der Waals surface area (Å²) in [5.41, 5.74) is 0. The maximum absolute atomic E-state index is 12.6. The van der Waals surface area contributed by atoms with Crippen LogP contribution in [0.2, 0.25) is 0 Å². The third-order valence-electron chi connectivity index (χ3n) is 1.48. The van der Waals surface area contributed by atoms with E-state index < -0.39 is 56.6 Å². The number of rotatable bonds is 5. The summed E-state index contributed by atoms with van der Waals surface area (Å²) < 4.78 is 130. The summed E-state index contributed by atoms with van der Waals surface area (Å²) in [4.78, 5) is 0. The van der Waals surface area contributed by atoms with E-state index in [9.17, 15) is 48.3 Å². The third-order valence-corrected chi connectivity index (χ3v) is 2.16. The smallest absolute Gasteiger partial charge is 0.397 e. The van der Waals surface area contributed by atoms with Crippen molar-refractivity contribution in [3.05, 3.63) is 12.1 Å². The van der Waals surface area contributed by atoms with E-state index in [0.29, 0.717) is 0 Å². The molecule has 0 rings (SSSR count). The summed E-state index contributed by atoms with van der Waals surface area (Å²) in [6, 6.07) is -3.60. The first kappa shape index (κ1) is 18.5. The molecule has 0 heterocycles. The highest BCUT2D eigenvalue weighted by atomic mass is 127. The molecule has 0 aliphatic rings. The number of hydrogen-bond donors (Lipinski definition) is 0. The van der Waals surface area contributed by atoms with E-state index in [0.717, 1.165) is 0 Å². The molecule has 0 amide bonds. The van der Waals surface area contributed by atoms with Gasteiger partial charge >= 0.3 is 34.0 Å². The van der Waals surface area contributed by atoms with Gasteiger partial charge in [-0.2, -0.15) is 48.3 Å². The molecule has 0 unspecified atom stereocenters. The Hall–Kier alpha value is -0.500. The zero-order chi connectivity index (χ0) is 15.9. The summed E-state index contributed by atoms with van der Waals surface area (Å²) in [7, 11) is 0. The van der Waals surface area contributed by atoms with Crippen molar-refractivity contribution in [3.8, 4) is 0 Å². The van der Waals surface area contributed by atoms with E-state index >= 15 is 0 Å². The van der Waals surface area contributed by atoms with Crippen LogP contribution >= 0.6 is 22.6 Å². The van der Waals surface area contributed by atoms with E-state index in [4.69, 9.17) is 0 Å². The molecule has 114 valence electrons. The first-order chi connectivity index (χ1) is 8.08. The average Bonchev–Trinajstić information content (AvgIpc) is 2.14. The van der Waals surface area contributed by atoms with E-state index in [1.807, 2.05) is 4.74 Å². The van der Waals surface area contributed by atoms with Crippen LogP contribution in [0.4, 0.5) is 48.3 Å². The molecule has 0 aromatic carbocycles. The SMILES string of the molecule is FC(F)=C(F)OC(F)(F)C(F)(F)C(F)(F)C(F)(F)I. The number of ether oxygens (including phenoxy) is 1. The third kappa shape index (κ3) is 3.34. The van der Waals surface area contributed by atoms with Gasteiger partial charge in [0.25, 0.3) is 0 Å². The minimum absolute atomic E-state index is 0.574. The summed E-state index contributed by atoms with van der Waals surface area (Å²) in [6.07, 6.45) is -10.3. The minimum atomic E-state index is -6.96. The lowest BCUT2D eigenvalue weighted by Crippen LogP contribution is -2.61. The Bertz CT molecular complexity index is 366. The fourth-order valence-corrected chi connectivity index (χ4v) is 0.915. The predicted octanol–water partition coefficient (Wildman–Crippen LogP) is 4.93. The monoisotopic (exact) mass is 424 g/mol. The van der Waals surface area contributed by atoms with Gasteiger partial charge in [-0.3, -0.25) is 0 Å². The summed E-state index contributed by atoms with van der Waals surface area (Å²) in [5, 5.41) is 0. The van der Waals surface area contributed by atoms with E-state index in [1.54, 1.807) is 0 Å². The van der Waals surface area contributed by atoms with E-state index in [2.05, 4.69) is 0 Å². The molecular weight excluding hydrogens is 424 g/mol. The van der Waals surface area contributed by atoms with Crippen LogP contribution in [0.25, 0.3) is 0 Å². The van der Waals surface area contributed by atoms with E-state index in [-0.39, 0.29) is 0 Å². The summed E-state index contributed by atoms with van der Waals surface area (Å²) in [5.74, 6) is -13.7. The second-order valence-electron chi connectivity index (χ2n) is 2.80. The van der Waals surface area contributed by atoms with Crippen LogP contribution in [0, 0.1) is 0 Å². The number of alkyl halides is 9. The maximum Gasteiger partial charge on any atom is 0.473 e. The molecule has 0 fully saturated rings. The van der Waals surface area contributed by atoms with Gasteiger partial charge < -0.3 is 4.74 Å². The Kier molecular flexibility index (Phi) is 4.99. The van der Waals surface area contributed by atoms with Gasteiger partial charge in [-0.15, -0.1) is 0 Å². The van der Waals surface area contributed by atoms with Gasteiger partial charge in [0, 0.05) is 22.6 Å². The summed E-state index contributed by atoms with van der Waals surface area (Å²) >= 11 is -0.574. The highest BCUT2D eigenvalue weighted by Gasteiger charge is 2.82. The average molecular weight is 424 g/mol. The molecule has 0 spiro atoms. The normalized spacial score (nSPS) is 14.3. The zero-order valence-corrected chi connectivity index (χ0v) is 10.1. The van der Waals surface area contributed by atoms with Crippen molar-refractivity contribution in [3.63, 3.8) is 0 Å².